The monoisotopic (exact) mass is 138 g/mol. The second-order valence-corrected chi connectivity index (χ2v) is 2.99. The van der Waals surface area contributed by atoms with Crippen LogP contribution in [-0.2, 0) is 10.0 Å². The molecule has 3 N–H and O–H groups in total. The Balaban J connectivity index is 3.95. The molecule has 0 aliphatic heterocycles. The van der Waals surface area contributed by atoms with Crippen molar-refractivity contribution < 1.29 is 13.2 Å². The van der Waals surface area contributed by atoms with Gasteiger partial charge in [-0.05, 0) is 0 Å². The molecule has 0 rings (SSSR count). The molecule has 0 unspecified atom stereocenters. The van der Waals surface area contributed by atoms with Crippen LogP contribution in [0, 0.1) is 0 Å². The lowest BCUT2D eigenvalue weighted by atomic mass is 11.2. The third kappa shape index (κ3) is 5.22. The highest BCUT2D eigenvalue weighted by Crippen LogP contribution is 1.68. The topological polar surface area (TPSA) is 89.3 Å². The predicted octanol–water partition coefficient (Wildman–Crippen LogP) is -1.39. The molecule has 0 aliphatic rings. The molecule has 48 valence electrons. The third-order valence-corrected chi connectivity index (χ3v) is 0.858. The van der Waals surface area contributed by atoms with Gasteiger partial charge in [-0.1, -0.05) is 0 Å². The number of hydrogen-bond donors (Lipinski definition) is 2. The lowest BCUT2D eigenvalue weighted by Gasteiger charge is -1.92. The molecular formula is C2H6N2O3S. The quantitative estimate of drug-likeness (QED) is 0.467. The molecule has 0 saturated heterocycles. The van der Waals surface area contributed by atoms with E-state index in [1.807, 2.05) is 0 Å². The maximum atomic E-state index is 10.0. The largest absolute Gasteiger partial charge is 0.351 e. The van der Waals surface area contributed by atoms with Crippen LogP contribution in [0.5, 0.6) is 0 Å². The molecule has 0 radical (unpaired) electrons. The summed E-state index contributed by atoms with van der Waals surface area (Å²) in [6.45, 7) is 0. The SMILES string of the molecule is CS(=O)(=O)NC(N)=O. The Labute approximate surface area is 46.9 Å². The molecule has 5 nitrogen and oxygen atoms in total. The number of primary amides is 1. The average Bonchev–Trinajstić information content (AvgIpc) is 1.21. The zero-order valence-electron chi connectivity index (χ0n) is 4.21. The minimum absolute atomic E-state index is 0.845. The number of sulfonamides is 1. The van der Waals surface area contributed by atoms with Gasteiger partial charge in [0.05, 0.1) is 6.26 Å². The van der Waals surface area contributed by atoms with E-state index in [0.717, 1.165) is 6.26 Å². The lowest BCUT2D eigenvalue weighted by Crippen LogP contribution is -2.33. The molecule has 0 spiro atoms. The molecule has 0 aromatic rings. The highest BCUT2D eigenvalue weighted by atomic mass is 32.2. The summed E-state index contributed by atoms with van der Waals surface area (Å²) in [6, 6.07) is -1.06. The van der Waals surface area contributed by atoms with Crippen LogP contribution in [0.2, 0.25) is 0 Å². The van der Waals surface area contributed by atoms with E-state index in [-0.39, 0.29) is 0 Å². The first-order chi connectivity index (χ1) is 3.42. The number of amides is 2. The Morgan fingerprint density at radius 1 is 1.62 bits per heavy atom. The maximum Gasteiger partial charge on any atom is 0.325 e. The van der Waals surface area contributed by atoms with E-state index >= 15 is 0 Å². The highest BCUT2D eigenvalue weighted by Gasteiger charge is 2.00. The summed E-state index contributed by atoms with van der Waals surface area (Å²) in [7, 11) is -3.45. The molecule has 8 heavy (non-hydrogen) atoms. The van der Waals surface area contributed by atoms with E-state index in [4.69, 9.17) is 0 Å². The van der Waals surface area contributed by atoms with Crippen molar-refractivity contribution in [1.29, 1.82) is 0 Å². The van der Waals surface area contributed by atoms with Gasteiger partial charge < -0.3 is 5.73 Å². The number of urea groups is 1. The van der Waals surface area contributed by atoms with E-state index < -0.39 is 16.1 Å². The van der Waals surface area contributed by atoms with Gasteiger partial charge in [0.2, 0.25) is 10.0 Å². The maximum absolute atomic E-state index is 10.0. The first kappa shape index (κ1) is 7.22. The van der Waals surface area contributed by atoms with Crippen LogP contribution >= 0.6 is 0 Å². The molecule has 2 amide bonds. The van der Waals surface area contributed by atoms with Crippen LogP contribution in [0.25, 0.3) is 0 Å². The van der Waals surface area contributed by atoms with Crippen LogP contribution in [-0.4, -0.2) is 20.7 Å². The Morgan fingerprint density at radius 3 is 2.00 bits per heavy atom. The van der Waals surface area contributed by atoms with Gasteiger partial charge >= 0.3 is 6.03 Å². The Hall–Kier alpha value is -0.780. The van der Waals surface area contributed by atoms with Gasteiger partial charge in [-0.3, -0.25) is 0 Å². The van der Waals surface area contributed by atoms with Crippen molar-refractivity contribution in [3.8, 4) is 0 Å². The van der Waals surface area contributed by atoms with Gasteiger partial charge in [0.1, 0.15) is 0 Å². The van der Waals surface area contributed by atoms with E-state index in [1.165, 1.54) is 4.72 Å². The fraction of sp³-hybridized carbons (Fsp3) is 0.500. The van der Waals surface area contributed by atoms with Gasteiger partial charge in [-0.2, -0.15) is 0 Å². The smallest absolute Gasteiger partial charge is 0.325 e. The van der Waals surface area contributed by atoms with Crippen molar-refractivity contribution in [2.75, 3.05) is 6.26 Å². The van der Waals surface area contributed by atoms with Gasteiger partial charge in [0, 0.05) is 0 Å². The normalized spacial score (nSPS) is 10.6. The van der Waals surface area contributed by atoms with Crippen LogP contribution in [0.15, 0.2) is 0 Å². The van der Waals surface area contributed by atoms with Gasteiger partial charge in [-0.15, -0.1) is 0 Å². The number of carbonyl (C=O) groups excluding carboxylic acids is 1. The van der Waals surface area contributed by atoms with Crippen molar-refractivity contribution in [3.05, 3.63) is 0 Å². The first-order valence-electron chi connectivity index (χ1n) is 1.69. The fourth-order valence-electron chi connectivity index (χ4n) is 0.183. The summed E-state index contributed by atoms with van der Waals surface area (Å²) in [5.41, 5.74) is 4.45. The standard InChI is InChI=1S/C2H6N2O3S/c1-8(6,7)4-2(3)5/h1H3,(H3,3,4,5). The van der Waals surface area contributed by atoms with Crippen molar-refractivity contribution in [3.63, 3.8) is 0 Å². The van der Waals surface area contributed by atoms with Crippen molar-refractivity contribution >= 4 is 16.1 Å². The molecule has 0 aromatic carbocycles. The summed E-state index contributed by atoms with van der Waals surface area (Å²) in [6.07, 6.45) is 0.845. The van der Waals surface area contributed by atoms with Crippen LogP contribution in [0.4, 0.5) is 4.79 Å². The minimum Gasteiger partial charge on any atom is -0.351 e. The van der Waals surface area contributed by atoms with Crippen LogP contribution in [0.1, 0.15) is 0 Å². The molecule has 0 atom stereocenters. The van der Waals surface area contributed by atoms with E-state index in [2.05, 4.69) is 5.73 Å². The molecule has 0 fully saturated rings. The van der Waals surface area contributed by atoms with Gasteiger partial charge in [-0.25, -0.2) is 17.9 Å². The summed E-state index contributed by atoms with van der Waals surface area (Å²) in [5.74, 6) is 0. The molecular weight excluding hydrogens is 132 g/mol. The molecule has 0 heterocycles. The molecule has 6 heteroatoms. The minimum atomic E-state index is -3.45. The second-order valence-electron chi connectivity index (χ2n) is 1.24. The molecule has 0 bridgehead atoms. The van der Waals surface area contributed by atoms with E-state index in [9.17, 15) is 13.2 Å². The summed E-state index contributed by atoms with van der Waals surface area (Å²) in [4.78, 5) is 9.75. The second kappa shape index (κ2) is 1.99. The lowest BCUT2D eigenvalue weighted by molar-refractivity contribution is 0.253. The van der Waals surface area contributed by atoms with E-state index in [0.29, 0.717) is 0 Å². The Morgan fingerprint density at radius 2 is 2.00 bits per heavy atom. The zero-order chi connectivity index (χ0) is 6.78. The fourth-order valence-corrected chi connectivity index (χ4v) is 0.548. The van der Waals surface area contributed by atoms with Crippen molar-refractivity contribution in [2.45, 2.75) is 0 Å². The number of nitrogens with two attached hydrogens (primary N) is 1. The Kier molecular flexibility index (Phi) is 1.80. The van der Waals surface area contributed by atoms with Crippen LogP contribution in [0.3, 0.4) is 0 Å². The predicted molar refractivity (Wildman–Crippen MR) is 27.6 cm³/mol. The third-order valence-electron chi connectivity index (χ3n) is 0.286. The van der Waals surface area contributed by atoms with Crippen molar-refractivity contribution in [2.24, 2.45) is 5.73 Å². The summed E-state index contributed by atoms with van der Waals surface area (Å²) in [5, 5.41) is 0. The zero-order valence-corrected chi connectivity index (χ0v) is 5.03. The Bertz CT molecular complexity index is 181. The number of rotatable bonds is 1. The highest BCUT2D eigenvalue weighted by molar-refractivity contribution is 7.89. The number of hydrogen-bond acceptors (Lipinski definition) is 3. The number of carbonyl (C=O) groups is 1. The first-order valence-corrected chi connectivity index (χ1v) is 3.58. The van der Waals surface area contributed by atoms with Crippen LogP contribution < -0.4 is 10.5 Å². The van der Waals surface area contributed by atoms with E-state index in [1.54, 1.807) is 0 Å². The molecule has 0 saturated carbocycles. The van der Waals surface area contributed by atoms with Gasteiger partial charge in [0.25, 0.3) is 0 Å². The van der Waals surface area contributed by atoms with Gasteiger partial charge in [0.15, 0.2) is 0 Å². The van der Waals surface area contributed by atoms with Crippen molar-refractivity contribution in [1.82, 2.24) is 4.72 Å². The molecule has 0 aromatic heterocycles. The summed E-state index contributed by atoms with van der Waals surface area (Å²) >= 11 is 0. The molecule has 0 aliphatic carbocycles. The summed E-state index contributed by atoms with van der Waals surface area (Å²) < 4.78 is 21.6. The number of nitrogens with one attached hydrogen (secondary N) is 1. The average molecular weight is 138 g/mol.